The minimum Gasteiger partial charge on any atom is -0.496 e. The third-order valence-corrected chi connectivity index (χ3v) is 4.22. The maximum Gasteiger partial charge on any atom is 0.124 e. The Labute approximate surface area is 132 Å². The van der Waals surface area contributed by atoms with Gasteiger partial charge in [0.15, 0.2) is 0 Å². The van der Waals surface area contributed by atoms with Crippen LogP contribution in [0, 0.1) is 20.8 Å². The van der Waals surface area contributed by atoms with Crippen LogP contribution in [0.15, 0.2) is 30.3 Å². The highest BCUT2D eigenvalue weighted by atomic mass is 35.5. The number of ether oxygens (including phenoxy) is 1. The average molecular weight is 304 g/mol. The SMILES string of the molecule is CNC(c1cc(C)c(C)cc1C)c1cc(Cl)ccc1OC. The zero-order chi connectivity index (χ0) is 15.6. The lowest BCUT2D eigenvalue weighted by atomic mass is 9.91. The van der Waals surface area contributed by atoms with Gasteiger partial charge in [-0.1, -0.05) is 23.7 Å². The summed E-state index contributed by atoms with van der Waals surface area (Å²) in [5.74, 6) is 0.844. The molecule has 1 N–H and O–H groups in total. The molecule has 0 spiro atoms. The Hall–Kier alpha value is -1.51. The van der Waals surface area contributed by atoms with Gasteiger partial charge in [0, 0.05) is 10.6 Å². The number of aryl methyl sites for hydroxylation is 3. The Morgan fingerprint density at radius 2 is 1.62 bits per heavy atom. The normalized spacial score (nSPS) is 12.3. The Morgan fingerprint density at radius 3 is 2.24 bits per heavy atom. The van der Waals surface area contributed by atoms with Gasteiger partial charge in [0.1, 0.15) is 5.75 Å². The Morgan fingerprint density at radius 1 is 0.952 bits per heavy atom. The number of benzene rings is 2. The van der Waals surface area contributed by atoms with E-state index >= 15 is 0 Å². The van der Waals surface area contributed by atoms with Crippen molar-refractivity contribution in [3.05, 3.63) is 63.2 Å². The van der Waals surface area contributed by atoms with Gasteiger partial charge in [-0.25, -0.2) is 0 Å². The fourth-order valence-electron chi connectivity index (χ4n) is 2.70. The average Bonchev–Trinajstić information content (AvgIpc) is 2.45. The number of hydrogen-bond acceptors (Lipinski definition) is 2. The fraction of sp³-hybridized carbons (Fsp3) is 0.333. The second-order valence-electron chi connectivity index (χ2n) is 5.40. The minimum absolute atomic E-state index is 0.0537. The molecule has 0 heterocycles. The van der Waals surface area contributed by atoms with Crippen LogP contribution in [-0.2, 0) is 0 Å². The lowest BCUT2D eigenvalue weighted by Crippen LogP contribution is -2.20. The van der Waals surface area contributed by atoms with Crippen molar-refractivity contribution in [1.29, 1.82) is 0 Å². The number of rotatable bonds is 4. The topological polar surface area (TPSA) is 21.3 Å². The quantitative estimate of drug-likeness (QED) is 0.892. The van der Waals surface area contributed by atoms with Crippen LogP contribution in [0.1, 0.15) is 33.9 Å². The number of methoxy groups -OCH3 is 1. The van der Waals surface area contributed by atoms with Gasteiger partial charge in [0.2, 0.25) is 0 Å². The second kappa shape index (κ2) is 6.50. The van der Waals surface area contributed by atoms with Gasteiger partial charge in [-0.3, -0.25) is 0 Å². The Balaban J connectivity index is 2.59. The van der Waals surface area contributed by atoms with Crippen molar-refractivity contribution < 1.29 is 4.74 Å². The summed E-state index contributed by atoms with van der Waals surface area (Å²) in [6, 6.07) is 10.3. The molecule has 112 valence electrons. The maximum absolute atomic E-state index is 6.18. The van der Waals surface area contributed by atoms with Gasteiger partial charge < -0.3 is 10.1 Å². The summed E-state index contributed by atoms with van der Waals surface area (Å²) in [6.07, 6.45) is 0. The summed E-state index contributed by atoms with van der Waals surface area (Å²) in [7, 11) is 3.65. The van der Waals surface area contributed by atoms with E-state index in [0.717, 1.165) is 11.3 Å². The zero-order valence-electron chi connectivity index (χ0n) is 13.3. The van der Waals surface area contributed by atoms with Crippen molar-refractivity contribution in [2.45, 2.75) is 26.8 Å². The summed E-state index contributed by atoms with van der Waals surface area (Å²) in [6.45, 7) is 6.42. The van der Waals surface area contributed by atoms with Crippen LogP contribution in [0.5, 0.6) is 5.75 Å². The molecule has 0 aliphatic carbocycles. The summed E-state index contributed by atoms with van der Waals surface area (Å²) < 4.78 is 5.50. The van der Waals surface area contributed by atoms with Crippen molar-refractivity contribution in [3.8, 4) is 5.75 Å². The van der Waals surface area contributed by atoms with E-state index in [2.05, 4.69) is 38.2 Å². The molecule has 0 aromatic heterocycles. The van der Waals surface area contributed by atoms with Crippen molar-refractivity contribution in [2.24, 2.45) is 0 Å². The van der Waals surface area contributed by atoms with Crippen molar-refractivity contribution >= 4 is 11.6 Å². The molecule has 0 bridgehead atoms. The van der Waals surface area contributed by atoms with Crippen molar-refractivity contribution in [2.75, 3.05) is 14.2 Å². The molecule has 0 aliphatic heterocycles. The van der Waals surface area contributed by atoms with E-state index in [4.69, 9.17) is 16.3 Å². The third-order valence-electron chi connectivity index (χ3n) is 3.98. The van der Waals surface area contributed by atoms with Crippen LogP contribution in [0.3, 0.4) is 0 Å². The number of hydrogen-bond donors (Lipinski definition) is 1. The van der Waals surface area contributed by atoms with E-state index < -0.39 is 0 Å². The van der Waals surface area contributed by atoms with E-state index in [1.165, 1.54) is 22.3 Å². The van der Waals surface area contributed by atoms with Gasteiger partial charge >= 0.3 is 0 Å². The number of nitrogens with one attached hydrogen (secondary N) is 1. The van der Waals surface area contributed by atoms with Gasteiger partial charge in [-0.15, -0.1) is 0 Å². The smallest absolute Gasteiger partial charge is 0.124 e. The first-order chi connectivity index (χ1) is 9.97. The van der Waals surface area contributed by atoms with Crippen LogP contribution in [0.2, 0.25) is 5.02 Å². The minimum atomic E-state index is 0.0537. The molecule has 2 aromatic carbocycles. The van der Waals surface area contributed by atoms with E-state index in [9.17, 15) is 0 Å². The summed E-state index contributed by atoms with van der Waals surface area (Å²) in [5, 5.41) is 4.10. The predicted molar refractivity (Wildman–Crippen MR) is 89.6 cm³/mol. The van der Waals surface area contributed by atoms with E-state index in [1.807, 2.05) is 25.2 Å². The van der Waals surface area contributed by atoms with Gasteiger partial charge in [-0.05, 0) is 68.3 Å². The molecular formula is C18H22ClNO. The standard InChI is InChI=1S/C18H22ClNO/c1-11-8-13(3)15(9-12(11)2)18(20-4)16-10-14(19)6-7-17(16)21-5/h6-10,18,20H,1-5H3. The van der Waals surface area contributed by atoms with E-state index in [0.29, 0.717) is 5.02 Å². The molecule has 2 rings (SSSR count). The van der Waals surface area contributed by atoms with Crippen molar-refractivity contribution in [1.82, 2.24) is 5.32 Å². The monoisotopic (exact) mass is 303 g/mol. The molecule has 0 saturated carbocycles. The summed E-state index contributed by atoms with van der Waals surface area (Å²) >= 11 is 6.18. The molecule has 2 aromatic rings. The van der Waals surface area contributed by atoms with Gasteiger partial charge in [0.05, 0.1) is 13.2 Å². The molecular weight excluding hydrogens is 282 g/mol. The maximum atomic E-state index is 6.18. The van der Waals surface area contributed by atoms with Crippen LogP contribution >= 0.6 is 11.6 Å². The highest BCUT2D eigenvalue weighted by molar-refractivity contribution is 6.30. The molecule has 3 heteroatoms. The van der Waals surface area contributed by atoms with Gasteiger partial charge in [-0.2, -0.15) is 0 Å². The predicted octanol–water partition coefficient (Wildman–Crippen LogP) is 4.58. The van der Waals surface area contributed by atoms with E-state index in [-0.39, 0.29) is 6.04 Å². The van der Waals surface area contributed by atoms with Crippen LogP contribution < -0.4 is 10.1 Å². The molecule has 0 aliphatic rings. The molecule has 0 fully saturated rings. The molecule has 0 amide bonds. The molecule has 21 heavy (non-hydrogen) atoms. The van der Waals surface area contributed by atoms with Crippen LogP contribution in [-0.4, -0.2) is 14.2 Å². The van der Waals surface area contributed by atoms with E-state index in [1.54, 1.807) is 7.11 Å². The zero-order valence-corrected chi connectivity index (χ0v) is 14.0. The fourth-order valence-corrected chi connectivity index (χ4v) is 2.88. The molecule has 0 saturated heterocycles. The first-order valence-electron chi connectivity index (χ1n) is 7.06. The van der Waals surface area contributed by atoms with Crippen molar-refractivity contribution in [3.63, 3.8) is 0 Å². The highest BCUT2D eigenvalue weighted by Gasteiger charge is 2.19. The molecule has 2 nitrogen and oxygen atoms in total. The largest absolute Gasteiger partial charge is 0.496 e. The summed E-state index contributed by atoms with van der Waals surface area (Å²) in [5.41, 5.74) is 6.17. The highest BCUT2D eigenvalue weighted by Crippen LogP contribution is 2.34. The molecule has 1 atom stereocenters. The Kier molecular flexibility index (Phi) is 4.92. The Bertz CT molecular complexity index is 652. The first-order valence-corrected chi connectivity index (χ1v) is 7.44. The third kappa shape index (κ3) is 3.22. The van der Waals surface area contributed by atoms with Gasteiger partial charge in [0.25, 0.3) is 0 Å². The second-order valence-corrected chi connectivity index (χ2v) is 5.84. The lowest BCUT2D eigenvalue weighted by molar-refractivity contribution is 0.405. The molecule has 1 unspecified atom stereocenters. The molecule has 0 radical (unpaired) electrons. The number of halogens is 1. The van der Waals surface area contributed by atoms with Crippen LogP contribution in [0.4, 0.5) is 0 Å². The first kappa shape index (κ1) is 15.9. The van der Waals surface area contributed by atoms with Crippen LogP contribution in [0.25, 0.3) is 0 Å². The summed E-state index contributed by atoms with van der Waals surface area (Å²) in [4.78, 5) is 0. The lowest BCUT2D eigenvalue weighted by Gasteiger charge is -2.23.